The van der Waals surface area contributed by atoms with E-state index in [-0.39, 0.29) is 18.3 Å². The molecule has 5 nitrogen and oxygen atoms in total. The van der Waals surface area contributed by atoms with Crippen molar-refractivity contribution in [2.75, 3.05) is 37.6 Å². The summed E-state index contributed by atoms with van der Waals surface area (Å²) in [7, 11) is 0. The number of rotatable bonds is 2. The first-order chi connectivity index (χ1) is 10.2. The second-order valence-corrected chi connectivity index (χ2v) is 6.08. The van der Waals surface area contributed by atoms with Gasteiger partial charge in [-0.05, 0) is 38.4 Å². The van der Waals surface area contributed by atoms with E-state index < -0.39 is 0 Å². The van der Waals surface area contributed by atoms with Gasteiger partial charge in [-0.1, -0.05) is 6.07 Å². The Balaban J connectivity index is 0.00000176. The number of nitrogens with zero attached hydrogens (tertiary/aromatic N) is 3. The molecule has 0 radical (unpaired) electrons. The van der Waals surface area contributed by atoms with Crippen LogP contribution in [0.2, 0.25) is 0 Å². The van der Waals surface area contributed by atoms with Gasteiger partial charge < -0.3 is 15.1 Å². The Morgan fingerprint density at radius 2 is 2.05 bits per heavy atom. The lowest BCUT2D eigenvalue weighted by Crippen LogP contribution is -2.52. The lowest BCUT2D eigenvalue weighted by molar-refractivity contribution is -0.137. The normalized spacial score (nSPS) is 25.5. The summed E-state index contributed by atoms with van der Waals surface area (Å²) < 4.78 is 0. The first-order valence-corrected chi connectivity index (χ1v) is 7.92. The molecule has 3 heterocycles. The van der Waals surface area contributed by atoms with Crippen LogP contribution in [0.3, 0.4) is 0 Å². The molecule has 0 aliphatic carbocycles. The molecule has 0 bridgehead atoms. The van der Waals surface area contributed by atoms with Gasteiger partial charge in [0.2, 0.25) is 5.91 Å². The number of halogens is 1. The molecule has 3 rings (SSSR count). The van der Waals surface area contributed by atoms with Crippen LogP contribution >= 0.6 is 12.4 Å². The molecule has 22 heavy (non-hydrogen) atoms. The van der Waals surface area contributed by atoms with Crippen LogP contribution in [0.1, 0.15) is 19.8 Å². The Morgan fingerprint density at radius 3 is 2.68 bits per heavy atom. The molecule has 122 valence electrons. The number of pyridine rings is 1. The first-order valence-electron chi connectivity index (χ1n) is 7.92. The maximum atomic E-state index is 12.6. The average molecular weight is 325 g/mol. The van der Waals surface area contributed by atoms with Gasteiger partial charge in [0, 0.05) is 44.3 Å². The van der Waals surface area contributed by atoms with Crippen LogP contribution in [0.15, 0.2) is 24.4 Å². The summed E-state index contributed by atoms with van der Waals surface area (Å²) in [5.74, 6) is 1.58. The fourth-order valence-corrected chi connectivity index (χ4v) is 3.31. The predicted molar refractivity (Wildman–Crippen MR) is 90.5 cm³/mol. The lowest BCUT2D eigenvalue weighted by Gasteiger charge is -2.38. The van der Waals surface area contributed by atoms with Crippen molar-refractivity contribution in [3.63, 3.8) is 0 Å². The molecule has 2 fully saturated rings. The van der Waals surface area contributed by atoms with Crippen LogP contribution in [-0.4, -0.2) is 54.6 Å². The number of hydrogen-bond donors (Lipinski definition) is 1. The van der Waals surface area contributed by atoms with Crippen molar-refractivity contribution < 1.29 is 4.79 Å². The van der Waals surface area contributed by atoms with Crippen LogP contribution in [0.5, 0.6) is 0 Å². The minimum absolute atomic E-state index is 0. The van der Waals surface area contributed by atoms with E-state index in [0.29, 0.717) is 11.9 Å². The molecule has 2 aliphatic heterocycles. The van der Waals surface area contributed by atoms with E-state index in [1.807, 2.05) is 29.3 Å². The Labute approximate surface area is 138 Å². The van der Waals surface area contributed by atoms with Crippen LogP contribution in [-0.2, 0) is 4.79 Å². The maximum absolute atomic E-state index is 12.6. The van der Waals surface area contributed by atoms with Crippen molar-refractivity contribution in [2.45, 2.75) is 25.8 Å². The monoisotopic (exact) mass is 324 g/mol. The molecule has 1 N–H and O–H groups in total. The van der Waals surface area contributed by atoms with Crippen LogP contribution < -0.4 is 10.2 Å². The number of piperidine rings is 1. The molecule has 0 saturated carbocycles. The fraction of sp³-hybridized carbons (Fsp3) is 0.625. The maximum Gasteiger partial charge on any atom is 0.225 e. The summed E-state index contributed by atoms with van der Waals surface area (Å²) in [6, 6.07) is 6.44. The highest BCUT2D eigenvalue weighted by atomic mass is 35.5. The third kappa shape index (κ3) is 3.90. The van der Waals surface area contributed by atoms with E-state index in [2.05, 4.69) is 22.1 Å². The third-order valence-corrected chi connectivity index (χ3v) is 4.54. The molecule has 2 saturated heterocycles. The van der Waals surface area contributed by atoms with Crippen molar-refractivity contribution in [3.05, 3.63) is 24.4 Å². The number of hydrogen-bond acceptors (Lipinski definition) is 4. The van der Waals surface area contributed by atoms with Gasteiger partial charge in [-0.15, -0.1) is 12.4 Å². The minimum atomic E-state index is 0. The summed E-state index contributed by atoms with van der Waals surface area (Å²) in [6.07, 6.45) is 3.77. The Bertz CT molecular complexity index is 476. The predicted octanol–water partition coefficient (Wildman–Crippen LogP) is 1.54. The van der Waals surface area contributed by atoms with Crippen LogP contribution in [0, 0.1) is 5.92 Å². The van der Waals surface area contributed by atoms with E-state index in [4.69, 9.17) is 0 Å². The zero-order valence-electron chi connectivity index (χ0n) is 13.1. The number of nitrogens with one attached hydrogen (secondary N) is 1. The Morgan fingerprint density at radius 1 is 1.27 bits per heavy atom. The summed E-state index contributed by atoms with van der Waals surface area (Å²) in [5, 5.41) is 3.41. The topological polar surface area (TPSA) is 48.5 Å². The minimum Gasteiger partial charge on any atom is -0.353 e. The lowest BCUT2D eigenvalue weighted by atomic mass is 9.92. The standard InChI is InChI=1S/C16H24N4O.ClH/c1-13-12-14(5-7-17-13)16(21)20-10-8-19(9-11-20)15-4-2-3-6-18-15;/h2-4,6,13-14,17H,5,7-12H2,1H3;1H/t13-,14-;/m0./s1. The largest absolute Gasteiger partial charge is 0.353 e. The molecule has 6 heteroatoms. The van der Waals surface area contributed by atoms with Gasteiger partial charge in [-0.25, -0.2) is 4.98 Å². The molecule has 0 aromatic carbocycles. The highest BCUT2D eigenvalue weighted by molar-refractivity contribution is 5.85. The van der Waals surface area contributed by atoms with Gasteiger partial charge in [-0.3, -0.25) is 4.79 Å². The van der Waals surface area contributed by atoms with E-state index >= 15 is 0 Å². The third-order valence-electron chi connectivity index (χ3n) is 4.54. The number of piperazine rings is 1. The van der Waals surface area contributed by atoms with Crippen molar-refractivity contribution >= 4 is 24.1 Å². The van der Waals surface area contributed by atoms with Crippen LogP contribution in [0.4, 0.5) is 5.82 Å². The van der Waals surface area contributed by atoms with Crippen molar-refractivity contribution in [3.8, 4) is 0 Å². The molecular formula is C16H25ClN4O. The number of anilines is 1. The zero-order valence-corrected chi connectivity index (χ0v) is 13.9. The van der Waals surface area contributed by atoms with Gasteiger partial charge >= 0.3 is 0 Å². The molecule has 2 aliphatic rings. The van der Waals surface area contributed by atoms with Gasteiger partial charge in [-0.2, -0.15) is 0 Å². The van der Waals surface area contributed by atoms with Gasteiger partial charge in [0.1, 0.15) is 5.82 Å². The SMILES string of the molecule is C[C@H]1C[C@@H](C(=O)N2CCN(c3ccccn3)CC2)CCN1.Cl. The summed E-state index contributed by atoms with van der Waals surface area (Å²) in [4.78, 5) is 21.3. The fourth-order valence-electron chi connectivity index (χ4n) is 3.31. The molecule has 2 atom stereocenters. The molecule has 1 aromatic rings. The van der Waals surface area contributed by atoms with E-state index in [0.717, 1.165) is 51.4 Å². The van der Waals surface area contributed by atoms with E-state index in [9.17, 15) is 4.79 Å². The van der Waals surface area contributed by atoms with Crippen molar-refractivity contribution in [1.82, 2.24) is 15.2 Å². The van der Waals surface area contributed by atoms with Gasteiger partial charge in [0.05, 0.1) is 0 Å². The molecular weight excluding hydrogens is 300 g/mol. The number of aromatic nitrogens is 1. The van der Waals surface area contributed by atoms with E-state index in [1.165, 1.54) is 0 Å². The summed E-state index contributed by atoms with van der Waals surface area (Å²) >= 11 is 0. The second kappa shape index (κ2) is 7.79. The Kier molecular flexibility index (Phi) is 6.03. The molecule has 1 amide bonds. The number of carbonyl (C=O) groups is 1. The first kappa shape index (κ1) is 17.0. The van der Waals surface area contributed by atoms with Crippen molar-refractivity contribution in [2.24, 2.45) is 5.92 Å². The summed E-state index contributed by atoms with van der Waals surface area (Å²) in [6.45, 7) is 6.51. The van der Waals surface area contributed by atoms with Gasteiger partial charge in [0.25, 0.3) is 0 Å². The average Bonchev–Trinajstić information content (AvgIpc) is 2.55. The highest BCUT2D eigenvalue weighted by Gasteiger charge is 2.30. The highest BCUT2D eigenvalue weighted by Crippen LogP contribution is 2.20. The quantitative estimate of drug-likeness (QED) is 0.896. The van der Waals surface area contributed by atoms with E-state index in [1.54, 1.807) is 0 Å². The van der Waals surface area contributed by atoms with Gasteiger partial charge in [0.15, 0.2) is 0 Å². The number of amides is 1. The molecule has 0 unspecified atom stereocenters. The zero-order chi connectivity index (χ0) is 14.7. The Hall–Kier alpha value is -1.33. The second-order valence-electron chi connectivity index (χ2n) is 6.08. The number of carbonyl (C=O) groups excluding carboxylic acids is 1. The van der Waals surface area contributed by atoms with Crippen molar-refractivity contribution in [1.29, 1.82) is 0 Å². The summed E-state index contributed by atoms with van der Waals surface area (Å²) in [5.41, 5.74) is 0. The van der Waals surface area contributed by atoms with Crippen LogP contribution in [0.25, 0.3) is 0 Å². The molecule has 1 aromatic heterocycles. The molecule has 0 spiro atoms. The smallest absolute Gasteiger partial charge is 0.225 e.